The average molecular weight is 306 g/mol. The van der Waals surface area contributed by atoms with Crippen molar-refractivity contribution in [2.45, 2.75) is 58.3 Å². The van der Waals surface area contributed by atoms with Gasteiger partial charge in [0, 0.05) is 18.4 Å². The fraction of sp³-hybridized carbons (Fsp3) is 0.556. The molecular weight excluding hydrogens is 280 g/mol. The van der Waals surface area contributed by atoms with Crippen LogP contribution in [0.5, 0.6) is 5.75 Å². The van der Waals surface area contributed by atoms with E-state index >= 15 is 0 Å². The number of hydrogen-bond acceptors (Lipinski definition) is 3. The van der Waals surface area contributed by atoms with E-state index in [1.54, 1.807) is 24.3 Å². The zero-order chi connectivity index (χ0) is 16.2. The highest BCUT2D eigenvalue weighted by Gasteiger charge is 2.07. The zero-order valence-electron chi connectivity index (χ0n) is 13.3. The van der Waals surface area contributed by atoms with Gasteiger partial charge in [-0.25, -0.2) is 0 Å². The molecule has 122 valence electrons. The quantitative estimate of drug-likeness (QED) is 0.457. The van der Waals surface area contributed by atoms with Crippen LogP contribution < -0.4 is 4.74 Å². The molecule has 0 aliphatic carbocycles. The van der Waals surface area contributed by atoms with Crippen molar-refractivity contribution in [3.8, 4) is 5.75 Å². The number of carbonyl (C=O) groups excluding carboxylic acids is 1. The fourth-order valence-electron chi connectivity index (χ4n) is 2.18. The minimum atomic E-state index is -0.865. The van der Waals surface area contributed by atoms with E-state index in [1.807, 2.05) is 0 Å². The van der Waals surface area contributed by atoms with Gasteiger partial charge < -0.3 is 9.84 Å². The SMILES string of the molecule is CCCCCCCOc1ccc(C(=O)CCCC(=O)O)cc1. The van der Waals surface area contributed by atoms with Crippen molar-refractivity contribution in [1.82, 2.24) is 0 Å². The van der Waals surface area contributed by atoms with Crippen molar-refractivity contribution in [3.63, 3.8) is 0 Å². The van der Waals surface area contributed by atoms with Crippen LogP contribution in [0, 0.1) is 0 Å². The van der Waals surface area contributed by atoms with Crippen molar-refractivity contribution in [2.75, 3.05) is 6.61 Å². The third-order valence-corrected chi connectivity index (χ3v) is 3.49. The number of aliphatic carboxylic acids is 1. The van der Waals surface area contributed by atoms with E-state index in [0.29, 0.717) is 18.6 Å². The molecule has 1 rings (SSSR count). The van der Waals surface area contributed by atoms with Crippen molar-refractivity contribution >= 4 is 11.8 Å². The first kappa shape index (κ1) is 18.2. The Hall–Kier alpha value is -1.84. The molecule has 4 nitrogen and oxygen atoms in total. The van der Waals surface area contributed by atoms with Gasteiger partial charge in [0.1, 0.15) is 5.75 Å². The molecule has 1 N–H and O–H groups in total. The van der Waals surface area contributed by atoms with Crippen molar-refractivity contribution in [3.05, 3.63) is 29.8 Å². The fourth-order valence-corrected chi connectivity index (χ4v) is 2.18. The average Bonchev–Trinajstić information content (AvgIpc) is 2.51. The Morgan fingerprint density at radius 2 is 1.64 bits per heavy atom. The molecule has 4 heteroatoms. The van der Waals surface area contributed by atoms with Crippen LogP contribution in [0.25, 0.3) is 0 Å². The molecule has 0 radical (unpaired) electrons. The summed E-state index contributed by atoms with van der Waals surface area (Å²) in [5.74, 6) is -0.111. The number of rotatable bonds is 12. The van der Waals surface area contributed by atoms with E-state index in [4.69, 9.17) is 9.84 Å². The molecule has 0 saturated heterocycles. The highest BCUT2D eigenvalue weighted by molar-refractivity contribution is 5.96. The second-order valence-electron chi connectivity index (χ2n) is 5.46. The van der Waals surface area contributed by atoms with Gasteiger partial charge in [0.05, 0.1) is 6.61 Å². The Labute approximate surface area is 132 Å². The van der Waals surface area contributed by atoms with Crippen LogP contribution in [0.1, 0.15) is 68.6 Å². The van der Waals surface area contributed by atoms with Gasteiger partial charge in [0.25, 0.3) is 0 Å². The summed E-state index contributed by atoms with van der Waals surface area (Å²) in [5.41, 5.74) is 0.612. The molecule has 0 aromatic heterocycles. The van der Waals surface area contributed by atoms with Gasteiger partial charge in [-0.05, 0) is 37.1 Å². The number of carboxylic acid groups (broad SMARTS) is 1. The number of benzene rings is 1. The first-order valence-electron chi connectivity index (χ1n) is 8.11. The normalized spacial score (nSPS) is 10.4. The van der Waals surface area contributed by atoms with Gasteiger partial charge in [-0.15, -0.1) is 0 Å². The largest absolute Gasteiger partial charge is 0.494 e. The topological polar surface area (TPSA) is 63.6 Å². The van der Waals surface area contributed by atoms with Crippen molar-refractivity contribution in [1.29, 1.82) is 0 Å². The van der Waals surface area contributed by atoms with Crippen LogP contribution in [-0.4, -0.2) is 23.5 Å². The molecule has 1 aromatic rings. The van der Waals surface area contributed by atoms with Gasteiger partial charge in [-0.1, -0.05) is 32.6 Å². The third kappa shape index (κ3) is 7.81. The summed E-state index contributed by atoms with van der Waals surface area (Å²) in [5, 5.41) is 8.56. The minimum absolute atomic E-state index is 0.0210. The highest BCUT2D eigenvalue weighted by atomic mass is 16.5. The monoisotopic (exact) mass is 306 g/mol. The van der Waals surface area contributed by atoms with E-state index in [9.17, 15) is 9.59 Å². The number of carbonyl (C=O) groups is 2. The number of ketones is 1. The molecule has 0 aliphatic rings. The summed E-state index contributed by atoms with van der Waals surface area (Å²) >= 11 is 0. The summed E-state index contributed by atoms with van der Waals surface area (Å²) < 4.78 is 5.64. The maximum Gasteiger partial charge on any atom is 0.303 e. The van der Waals surface area contributed by atoms with Crippen LogP contribution in [0.4, 0.5) is 0 Å². The standard InChI is InChI=1S/C18H26O4/c1-2-3-4-5-6-14-22-16-12-10-15(11-13-16)17(19)8-7-9-18(20)21/h10-13H,2-9,14H2,1H3,(H,20,21). The number of hydrogen-bond donors (Lipinski definition) is 1. The first-order valence-corrected chi connectivity index (χ1v) is 8.11. The van der Waals surface area contributed by atoms with E-state index in [0.717, 1.165) is 12.2 Å². The lowest BCUT2D eigenvalue weighted by molar-refractivity contribution is -0.137. The molecule has 1 aromatic carbocycles. The molecule has 0 aliphatic heterocycles. The number of ether oxygens (including phenoxy) is 1. The van der Waals surface area contributed by atoms with Crippen LogP contribution in [0.2, 0.25) is 0 Å². The smallest absolute Gasteiger partial charge is 0.303 e. The van der Waals surface area contributed by atoms with E-state index in [-0.39, 0.29) is 18.6 Å². The lowest BCUT2D eigenvalue weighted by Crippen LogP contribution is -2.02. The first-order chi connectivity index (χ1) is 10.6. The minimum Gasteiger partial charge on any atom is -0.494 e. The second kappa shape index (κ2) is 10.8. The Morgan fingerprint density at radius 1 is 0.955 bits per heavy atom. The molecule has 0 fully saturated rings. The third-order valence-electron chi connectivity index (χ3n) is 3.49. The van der Waals surface area contributed by atoms with Gasteiger partial charge in [-0.3, -0.25) is 9.59 Å². The molecule has 0 spiro atoms. The summed E-state index contributed by atoms with van der Waals surface area (Å²) in [7, 11) is 0. The molecule has 0 bridgehead atoms. The molecule has 0 heterocycles. The maximum atomic E-state index is 11.9. The number of unbranched alkanes of at least 4 members (excludes halogenated alkanes) is 4. The molecule has 22 heavy (non-hydrogen) atoms. The number of Topliss-reactive ketones (excluding diaryl/α,β-unsaturated/α-hetero) is 1. The number of carboxylic acids is 1. The van der Waals surface area contributed by atoms with E-state index < -0.39 is 5.97 Å². The molecule has 0 unspecified atom stereocenters. The van der Waals surface area contributed by atoms with E-state index in [2.05, 4.69) is 6.92 Å². The van der Waals surface area contributed by atoms with Crippen molar-refractivity contribution in [2.24, 2.45) is 0 Å². The molecule has 0 amide bonds. The Morgan fingerprint density at radius 3 is 2.27 bits per heavy atom. The highest BCUT2D eigenvalue weighted by Crippen LogP contribution is 2.15. The molecule has 0 saturated carbocycles. The van der Waals surface area contributed by atoms with Crippen LogP contribution in [-0.2, 0) is 4.79 Å². The molecule has 0 atom stereocenters. The van der Waals surface area contributed by atoms with Gasteiger partial charge in [0.15, 0.2) is 5.78 Å². The molecular formula is C18H26O4. The zero-order valence-corrected chi connectivity index (χ0v) is 13.3. The summed E-state index contributed by atoms with van der Waals surface area (Å²) in [6.07, 6.45) is 6.69. The van der Waals surface area contributed by atoms with Crippen molar-refractivity contribution < 1.29 is 19.4 Å². The summed E-state index contributed by atoms with van der Waals surface area (Å²) in [4.78, 5) is 22.3. The second-order valence-corrected chi connectivity index (χ2v) is 5.46. The Kier molecular flexibility index (Phi) is 8.96. The predicted octanol–water partition coefficient (Wildman–Crippen LogP) is 4.47. The lowest BCUT2D eigenvalue weighted by atomic mass is 10.1. The Bertz CT molecular complexity index is 451. The summed E-state index contributed by atoms with van der Waals surface area (Å²) in [6.45, 7) is 2.90. The lowest BCUT2D eigenvalue weighted by Gasteiger charge is -2.07. The maximum absolute atomic E-state index is 11.9. The van der Waals surface area contributed by atoms with Crippen LogP contribution in [0.15, 0.2) is 24.3 Å². The van der Waals surface area contributed by atoms with Gasteiger partial charge in [-0.2, -0.15) is 0 Å². The van der Waals surface area contributed by atoms with Gasteiger partial charge in [0.2, 0.25) is 0 Å². The summed E-state index contributed by atoms with van der Waals surface area (Å²) in [6, 6.07) is 7.10. The van der Waals surface area contributed by atoms with Crippen LogP contribution in [0.3, 0.4) is 0 Å². The Balaban J connectivity index is 2.27. The van der Waals surface area contributed by atoms with E-state index in [1.165, 1.54) is 25.7 Å². The van der Waals surface area contributed by atoms with Gasteiger partial charge >= 0.3 is 5.97 Å². The van der Waals surface area contributed by atoms with Crippen LogP contribution >= 0.6 is 0 Å². The predicted molar refractivity (Wildman–Crippen MR) is 86.5 cm³/mol.